The number of hydrogen-bond donors (Lipinski definition) is 0. The molecule has 2 aromatic rings. The lowest BCUT2D eigenvalue weighted by Gasteiger charge is -2.05. The Kier molecular flexibility index (Phi) is 4.72. The van der Waals surface area contributed by atoms with Crippen molar-refractivity contribution in [2.24, 2.45) is 0 Å². The number of benzene rings is 2. The van der Waals surface area contributed by atoms with Gasteiger partial charge in [0.1, 0.15) is 11.5 Å². The summed E-state index contributed by atoms with van der Waals surface area (Å²) in [6.07, 6.45) is 0.312. The highest BCUT2D eigenvalue weighted by atomic mass is 16.5. The topological polar surface area (TPSA) is 52.6 Å². The Labute approximate surface area is 123 Å². The molecule has 4 nitrogen and oxygen atoms in total. The number of methoxy groups -OCH3 is 1. The molecular formula is C17H16O4. The fourth-order valence-electron chi connectivity index (χ4n) is 1.79. The summed E-state index contributed by atoms with van der Waals surface area (Å²) in [6, 6.07) is 13.4. The van der Waals surface area contributed by atoms with E-state index in [9.17, 15) is 9.59 Å². The number of hydrogen-bond acceptors (Lipinski definition) is 4. The predicted molar refractivity (Wildman–Crippen MR) is 78.8 cm³/mol. The van der Waals surface area contributed by atoms with Crippen molar-refractivity contribution in [3.63, 3.8) is 0 Å². The molecular weight excluding hydrogens is 268 g/mol. The molecule has 0 heterocycles. The maximum atomic E-state index is 12.3. The van der Waals surface area contributed by atoms with Crippen molar-refractivity contribution >= 4 is 11.8 Å². The van der Waals surface area contributed by atoms with E-state index in [0.29, 0.717) is 29.0 Å². The fourth-order valence-corrected chi connectivity index (χ4v) is 1.79. The summed E-state index contributed by atoms with van der Waals surface area (Å²) in [6.45, 7) is 1.73. The second-order valence-electron chi connectivity index (χ2n) is 4.41. The summed E-state index contributed by atoms with van der Waals surface area (Å²) < 4.78 is 10.1. The first kappa shape index (κ1) is 14.8. The molecule has 0 fully saturated rings. The van der Waals surface area contributed by atoms with Gasteiger partial charge in [0.25, 0.3) is 0 Å². The number of carbonyl (C=O) groups excluding carboxylic acids is 2. The van der Waals surface area contributed by atoms with Gasteiger partial charge in [0.05, 0.1) is 7.11 Å². The van der Waals surface area contributed by atoms with Crippen LogP contribution >= 0.6 is 0 Å². The van der Waals surface area contributed by atoms with Gasteiger partial charge in [0.15, 0.2) is 5.78 Å². The molecule has 0 atom stereocenters. The van der Waals surface area contributed by atoms with E-state index < -0.39 is 0 Å². The second-order valence-corrected chi connectivity index (χ2v) is 4.41. The lowest BCUT2D eigenvalue weighted by atomic mass is 10.0. The highest BCUT2D eigenvalue weighted by molar-refractivity contribution is 6.09. The monoisotopic (exact) mass is 284 g/mol. The highest BCUT2D eigenvalue weighted by Crippen LogP contribution is 2.18. The van der Waals surface area contributed by atoms with E-state index in [1.807, 2.05) is 0 Å². The molecule has 0 unspecified atom stereocenters. The lowest BCUT2D eigenvalue weighted by molar-refractivity contribution is -0.134. The van der Waals surface area contributed by atoms with Crippen LogP contribution in [0.4, 0.5) is 0 Å². The summed E-state index contributed by atoms with van der Waals surface area (Å²) in [5, 5.41) is 0. The molecule has 0 aliphatic carbocycles. The van der Waals surface area contributed by atoms with Crippen LogP contribution in [-0.4, -0.2) is 18.9 Å². The fraction of sp³-hybridized carbons (Fsp3) is 0.176. The predicted octanol–water partition coefficient (Wildman–Crippen LogP) is 3.24. The molecule has 0 aliphatic rings. The number of ketones is 1. The van der Waals surface area contributed by atoms with Crippen LogP contribution in [0.15, 0.2) is 48.5 Å². The molecule has 0 spiro atoms. The molecule has 108 valence electrons. The largest absolute Gasteiger partial charge is 0.497 e. The zero-order chi connectivity index (χ0) is 15.2. The van der Waals surface area contributed by atoms with Gasteiger partial charge < -0.3 is 9.47 Å². The molecule has 0 radical (unpaired) electrons. The molecule has 0 bridgehead atoms. The van der Waals surface area contributed by atoms with Gasteiger partial charge in [-0.1, -0.05) is 6.92 Å². The van der Waals surface area contributed by atoms with Gasteiger partial charge >= 0.3 is 5.97 Å². The van der Waals surface area contributed by atoms with Crippen molar-refractivity contribution in [2.45, 2.75) is 13.3 Å². The van der Waals surface area contributed by atoms with Crippen LogP contribution in [0, 0.1) is 0 Å². The van der Waals surface area contributed by atoms with Gasteiger partial charge in [-0.3, -0.25) is 9.59 Å². The summed E-state index contributed by atoms with van der Waals surface area (Å²) >= 11 is 0. The van der Waals surface area contributed by atoms with Crippen LogP contribution in [0.3, 0.4) is 0 Å². The first-order valence-electron chi connectivity index (χ1n) is 6.63. The molecule has 21 heavy (non-hydrogen) atoms. The standard InChI is InChI=1S/C17H16O4/c1-3-16(18)21-15-10-6-13(7-11-15)17(19)12-4-8-14(20-2)9-5-12/h4-11H,3H2,1-2H3. The van der Waals surface area contributed by atoms with E-state index in [-0.39, 0.29) is 11.8 Å². The summed E-state index contributed by atoms with van der Waals surface area (Å²) in [4.78, 5) is 23.5. The Balaban J connectivity index is 2.13. The van der Waals surface area contributed by atoms with Gasteiger partial charge in [0, 0.05) is 17.5 Å². The Morgan fingerprint density at radius 1 is 0.857 bits per heavy atom. The van der Waals surface area contributed by atoms with E-state index in [4.69, 9.17) is 9.47 Å². The highest BCUT2D eigenvalue weighted by Gasteiger charge is 2.10. The van der Waals surface area contributed by atoms with E-state index >= 15 is 0 Å². The van der Waals surface area contributed by atoms with Crippen molar-refractivity contribution in [1.29, 1.82) is 0 Å². The first-order chi connectivity index (χ1) is 10.1. The van der Waals surface area contributed by atoms with Crippen molar-refractivity contribution in [1.82, 2.24) is 0 Å². The van der Waals surface area contributed by atoms with Crippen molar-refractivity contribution < 1.29 is 19.1 Å². The van der Waals surface area contributed by atoms with Crippen LogP contribution in [0.5, 0.6) is 11.5 Å². The van der Waals surface area contributed by atoms with E-state index in [0.717, 1.165) is 0 Å². The maximum Gasteiger partial charge on any atom is 0.310 e. The van der Waals surface area contributed by atoms with Gasteiger partial charge in [0.2, 0.25) is 0 Å². The normalized spacial score (nSPS) is 10.0. The first-order valence-corrected chi connectivity index (χ1v) is 6.63. The van der Waals surface area contributed by atoms with Gasteiger partial charge in [-0.25, -0.2) is 0 Å². The zero-order valence-electron chi connectivity index (χ0n) is 12.0. The summed E-state index contributed by atoms with van der Waals surface area (Å²) in [5.41, 5.74) is 1.12. The van der Waals surface area contributed by atoms with Crippen LogP contribution < -0.4 is 9.47 Å². The molecule has 2 aromatic carbocycles. The third-order valence-corrected chi connectivity index (χ3v) is 2.99. The SMILES string of the molecule is CCC(=O)Oc1ccc(C(=O)c2ccc(OC)cc2)cc1. The number of carbonyl (C=O) groups is 2. The quantitative estimate of drug-likeness (QED) is 0.480. The minimum atomic E-state index is -0.302. The number of ether oxygens (including phenoxy) is 2. The third kappa shape index (κ3) is 3.69. The van der Waals surface area contributed by atoms with Gasteiger partial charge in [-0.15, -0.1) is 0 Å². The van der Waals surface area contributed by atoms with E-state index in [1.165, 1.54) is 0 Å². The molecule has 0 N–H and O–H groups in total. The van der Waals surface area contributed by atoms with Crippen LogP contribution in [0.2, 0.25) is 0 Å². The van der Waals surface area contributed by atoms with Gasteiger partial charge in [-0.05, 0) is 48.5 Å². The molecule has 0 aromatic heterocycles. The maximum absolute atomic E-state index is 12.3. The van der Waals surface area contributed by atoms with Crippen LogP contribution in [-0.2, 0) is 4.79 Å². The van der Waals surface area contributed by atoms with Crippen molar-refractivity contribution in [2.75, 3.05) is 7.11 Å². The molecule has 0 amide bonds. The Morgan fingerprint density at radius 3 is 1.76 bits per heavy atom. The number of esters is 1. The minimum absolute atomic E-state index is 0.0916. The molecule has 0 aliphatic heterocycles. The van der Waals surface area contributed by atoms with Crippen LogP contribution in [0.1, 0.15) is 29.3 Å². The smallest absolute Gasteiger partial charge is 0.310 e. The minimum Gasteiger partial charge on any atom is -0.497 e. The Morgan fingerprint density at radius 2 is 1.33 bits per heavy atom. The molecule has 0 saturated carbocycles. The molecule has 2 rings (SSSR count). The van der Waals surface area contributed by atoms with E-state index in [2.05, 4.69) is 0 Å². The lowest BCUT2D eigenvalue weighted by Crippen LogP contribution is -2.06. The van der Waals surface area contributed by atoms with Crippen LogP contribution in [0.25, 0.3) is 0 Å². The second kappa shape index (κ2) is 6.70. The van der Waals surface area contributed by atoms with Crippen molar-refractivity contribution in [3.05, 3.63) is 59.7 Å². The van der Waals surface area contributed by atoms with Crippen molar-refractivity contribution in [3.8, 4) is 11.5 Å². The third-order valence-electron chi connectivity index (χ3n) is 2.99. The number of rotatable bonds is 5. The Hall–Kier alpha value is -2.62. The van der Waals surface area contributed by atoms with E-state index in [1.54, 1.807) is 62.6 Å². The average molecular weight is 284 g/mol. The molecule has 4 heteroatoms. The summed E-state index contributed by atoms with van der Waals surface area (Å²) in [5.74, 6) is 0.747. The zero-order valence-corrected chi connectivity index (χ0v) is 12.0. The Bertz CT molecular complexity index is 627. The summed E-state index contributed by atoms with van der Waals surface area (Å²) in [7, 11) is 1.58. The average Bonchev–Trinajstić information content (AvgIpc) is 2.55. The van der Waals surface area contributed by atoms with Gasteiger partial charge in [-0.2, -0.15) is 0 Å². The molecule has 0 saturated heterocycles.